The number of rotatable bonds is 3. The lowest BCUT2D eigenvalue weighted by molar-refractivity contribution is 0.0929. The largest absolute Gasteiger partial charge is 0.350 e. The minimum atomic E-state index is -0.114. The molecule has 0 aromatic carbocycles. The molecule has 0 bridgehead atoms. The summed E-state index contributed by atoms with van der Waals surface area (Å²) in [6, 6.07) is 3.49. The first-order valence-corrected chi connectivity index (χ1v) is 7.06. The Morgan fingerprint density at radius 2 is 2.20 bits per heavy atom. The molecule has 3 N–H and O–H groups in total. The predicted molar refractivity (Wildman–Crippen MR) is 79.1 cm³/mol. The van der Waals surface area contributed by atoms with Gasteiger partial charge in [0.25, 0.3) is 5.91 Å². The van der Waals surface area contributed by atoms with Crippen LogP contribution in [0.1, 0.15) is 48.7 Å². The number of carbonyl (C=O) groups excluding carboxylic acids is 1. The molecule has 1 saturated carbocycles. The fraction of sp³-hybridized carbons (Fsp3) is 0.500. The number of nitrogens with one attached hydrogen (secondary N) is 1. The maximum absolute atomic E-state index is 12.0. The molecular formula is C16H21N3O. The summed E-state index contributed by atoms with van der Waals surface area (Å²) in [5.41, 5.74) is 6.77. The zero-order valence-corrected chi connectivity index (χ0v) is 11.9. The van der Waals surface area contributed by atoms with Crippen LogP contribution in [-0.4, -0.2) is 24.0 Å². The molecule has 1 amide bonds. The molecule has 0 radical (unpaired) electrons. The fourth-order valence-electron chi connectivity index (χ4n) is 2.54. The van der Waals surface area contributed by atoms with Gasteiger partial charge in [-0.05, 0) is 30.4 Å². The van der Waals surface area contributed by atoms with Crippen LogP contribution in [0.2, 0.25) is 0 Å². The highest BCUT2D eigenvalue weighted by Crippen LogP contribution is 2.36. The first-order chi connectivity index (χ1) is 9.63. The normalized spacial score (nSPS) is 16.3. The number of hydrogen-bond acceptors (Lipinski definition) is 3. The second-order valence-corrected chi connectivity index (χ2v) is 5.64. The Balaban J connectivity index is 1.92. The van der Waals surface area contributed by atoms with E-state index in [4.69, 9.17) is 5.73 Å². The molecule has 1 fully saturated rings. The molecule has 0 saturated heterocycles. The van der Waals surface area contributed by atoms with Crippen LogP contribution in [-0.2, 0) is 0 Å². The van der Waals surface area contributed by atoms with Gasteiger partial charge in [0.05, 0.1) is 6.54 Å². The SMILES string of the molecule is CC1(CNC(=O)c2ccc(C#CCN)cn2)CCCC1. The Morgan fingerprint density at radius 1 is 1.45 bits per heavy atom. The van der Waals surface area contributed by atoms with Crippen LogP contribution in [0.15, 0.2) is 18.3 Å². The highest BCUT2D eigenvalue weighted by Gasteiger charge is 2.29. The van der Waals surface area contributed by atoms with E-state index in [2.05, 4.69) is 29.1 Å². The lowest BCUT2D eigenvalue weighted by Gasteiger charge is -2.23. The van der Waals surface area contributed by atoms with Crippen molar-refractivity contribution < 1.29 is 4.79 Å². The Bertz CT molecular complexity index is 519. The highest BCUT2D eigenvalue weighted by atomic mass is 16.1. The lowest BCUT2D eigenvalue weighted by Crippen LogP contribution is -2.34. The fourth-order valence-corrected chi connectivity index (χ4v) is 2.54. The quantitative estimate of drug-likeness (QED) is 0.822. The molecule has 0 aliphatic heterocycles. The highest BCUT2D eigenvalue weighted by molar-refractivity contribution is 5.92. The minimum absolute atomic E-state index is 0.114. The second-order valence-electron chi connectivity index (χ2n) is 5.64. The number of hydrogen-bond donors (Lipinski definition) is 2. The van der Waals surface area contributed by atoms with Crippen LogP contribution < -0.4 is 11.1 Å². The van der Waals surface area contributed by atoms with Gasteiger partial charge in [-0.25, -0.2) is 4.98 Å². The maximum Gasteiger partial charge on any atom is 0.269 e. The van der Waals surface area contributed by atoms with Crippen molar-refractivity contribution in [2.45, 2.75) is 32.6 Å². The van der Waals surface area contributed by atoms with Gasteiger partial charge in [-0.15, -0.1) is 0 Å². The summed E-state index contributed by atoms with van der Waals surface area (Å²) in [7, 11) is 0. The minimum Gasteiger partial charge on any atom is -0.350 e. The smallest absolute Gasteiger partial charge is 0.269 e. The van der Waals surface area contributed by atoms with Gasteiger partial charge in [-0.1, -0.05) is 31.6 Å². The molecule has 0 spiro atoms. The van der Waals surface area contributed by atoms with Crippen molar-refractivity contribution in [3.63, 3.8) is 0 Å². The number of pyridine rings is 1. The lowest BCUT2D eigenvalue weighted by atomic mass is 9.89. The van der Waals surface area contributed by atoms with Crippen LogP contribution in [0.4, 0.5) is 0 Å². The van der Waals surface area contributed by atoms with Crippen molar-refractivity contribution >= 4 is 5.91 Å². The van der Waals surface area contributed by atoms with Gasteiger partial charge in [0.15, 0.2) is 0 Å². The molecule has 106 valence electrons. The summed E-state index contributed by atoms with van der Waals surface area (Å²) in [5.74, 6) is 5.53. The first kappa shape index (κ1) is 14.5. The summed E-state index contributed by atoms with van der Waals surface area (Å²) in [5, 5.41) is 2.99. The average molecular weight is 271 g/mol. The third-order valence-electron chi connectivity index (χ3n) is 3.82. The summed E-state index contributed by atoms with van der Waals surface area (Å²) in [4.78, 5) is 16.2. The van der Waals surface area contributed by atoms with Gasteiger partial charge < -0.3 is 11.1 Å². The van der Waals surface area contributed by atoms with Gasteiger partial charge >= 0.3 is 0 Å². The van der Waals surface area contributed by atoms with Crippen molar-refractivity contribution in [2.24, 2.45) is 11.1 Å². The zero-order valence-electron chi connectivity index (χ0n) is 11.9. The molecule has 2 rings (SSSR count). The standard InChI is InChI=1S/C16H21N3O/c1-16(8-2-3-9-16)12-19-15(20)14-7-6-13(11-18-14)5-4-10-17/h6-7,11H,2-3,8-10,12,17H2,1H3,(H,19,20). The third-order valence-corrected chi connectivity index (χ3v) is 3.82. The topological polar surface area (TPSA) is 68.0 Å². The number of nitrogens with two attached hydrogens (primary N) is 1. The summed E-state index contributed by atoms with van der Waals surface area (Å²) in [6.07, 6.45) is 6.51. The van der Waals surface area contributed by atoms with E-state index in [0.717, 1.165) is 12.1 Å². The molecule has 1 aromatic rings. The number of carbonyl (C=O) groups is 1. The average Bonchev–Trinajstić information content (AvgIpc) is 2.90. The van der Waals surface area contributed by atoms with Crippen molar-refractivity contribution in [1.29, 1.82) is 0 Å². The van der Waals surface area contributed by atoms with Gasteiger partial charge in [0.2, 0.25) is 0 Å². The Hall–Kier alpha value is -1.86. The predicted octanol–water partition coefficient (Wildman–Crippen LogP) is 1.70. The van der Waals surface area contributed by atoms with E-state index in [1.807, 2.05) is 0 Å². The van der Waals surface area contributed by atoms with E-state index >= 15 is 0 Å². The van der Waals surface area contributed by atoms with Crippen LogP contribution in [0.25, 0.3) is 0 Å². The maximum atomic E-state index is 12.0. The third kappa shape index (κ3) is 3.82. The van der Waals surface area contributed by atoms with E-state index in [1.54, 1.807) is 18.3 Å². The van der Waals surface area contributed by atoms with Crippen molar-refractivity contribution in [1.82, 2.24) is 10.3 Å². The van der Waals surface area contributed by atoms with E-state index in [1.165, 1.54) is 25.7 Å². The summed E-state index contributed by atoms with van der Waals surface area (Å²) >= 11 is 0. The number of aromatic nitrogens is 1. The molecule has 1 heterocycles. The van der Waals surface area contributed by atoms with Gasteiger partial charge in [0, 0.05) is 18.3 Å². The van der Waals surface area contributed by atoms with Gasteiger partial charge in [-0.2, -0.15) is 0 Å². The Morgan fingerprint density at radius 3 is 2.80 bits per heavy atom. The molecule has 4 heteroatoms. The van der Waals surface area contributed by atoms with Crippen LogP contribution >= 0.6 is 0 Å². The molecule has 1 aliphatic rings. The van der Waals surface area contributed by atoms with E-state index < -0.39 is 0 Å². The Labute approximate surface area is 120 Å². The molecule has 20 heavy (non-hydrogen) atoms. The van der Waals surface area contributed by atoms with Crippen LogP contribution in [0.3, 0.4) is 0 Å². The van der Waals surface area contributed by atoms with Crippen molar-refractivity contribution in [3.05, 3.63) is 29.6 Å². The van der Waals surface area contributed by atoms with Crippen LogP contribution in [0.5, 0.6) is 0 Å². The molecule has 1 aliphatic carbocycles. The zero-order chi connectivity index (χ0) is 14.4. The van der Waals surface area contributed by atoms with E-state index in [9.17, 15) is 4.79 Å². The van der Waals surface area contributed by atoms with Crippen molar-refractivity contribution in [3.8, 4) is 11.8 Å². The molecular weight excluding hydrogens is 250 g/mol. The Kier molecular flexibility index (Phi) is 4.75. The number of amides is 1. The summed E-state index contributed by atoms with van der Waals surface area (Å²) < 4.78 is 0. The van der Waals surface area contributed by atoms with Gasteiger partial charge in [0.1, 0.15) is 5.69 Å². The monoisotopic (exact) mass is 271 g/mol. The first-order valence-electron chi connectivity index (χ1n) is 7.06. The van der Waals surface area contributed by atoms with Crippen molar-refractivity contribution in [2.75, 3.05) is 13.1 Å². The molecule has 0 unspecified atom stereocenters. The van der Waals surface area contributed by atoms with E-state index in [0.29, 0.717) is 12.2 Å². The molecule has 0 atom stereocenters. The van der Waals surface area contributed by atoms with Crippen LogP contribution in [0, 0.1) is 17.3 Å². The van der Waals surface area contributed by atoms with Gasteiger partial charge in [-0.3, -0.25) is 4.79 Å². The number of nitrogens with zero attached hydrogens (tertiary/aromatic N) is 1. The molecule has 4 nitrogen and oxygen atoms in total. The summed E-state index contributed by atoms with van der Waals surface area (Å²) in [6.45, 7) is 3.28. The molecule has 1 aromatic heterocycles. The van der Waals surface area contributed by atoms with E-state index in [-0.39, 0.29) is 11.3 Å². The second kappa shape index (κ2) is 6.53.